The van der Waals surface area contributed by atoms with Gasteiger partial charge in [-0.15, -0.1) is 0 Å². The van der Waals surface area contributed by atoms with Gasteiger partial charge in [0.2, 0.25) is 11.9 Å². The molecule has 294 valence electrons. The molecule has 63 heavy (non-hydrogen) atoms. The molecule has 0 saturated heterocycles. The molecule has 0 bridgehead atoms. The summed E-state index contributed by atoms with van der Waals surface area (Å²) in [7, 11) is 0. The number of benzene rings is 9. The van der Waals surface area contributed by atoms with Crippen molar-refractivity contribution < 1.29 is 0 Å². The van der Waals surface area contributed by atoms with Gasteiger partial charge >= 0.3 is 0 Å². The van der Waals surface area contributed by atoms with E-state index in [0.29, 0.717) is 17.7 Å². The average Bonchev–Trinajstić information content (AvgIpc) is 4.00. The first kappa shape index (κ1) is 35.2. The van der Waals surface area contributed by atoms with E-state index in [1.807, 2.05) is 0 Å². The van der Waals surface area contributed by atoms with Crippen LogP contribution < -0.4 is 0 Å². The molecule has 6 heteroatoms. The van der Waals surface area contributed by atoms with E-state index in [2.05, 4.69) is 232 Å². The lowest BCUT2D eigenvalue weighted by molar-refractivity contribution is 0.893. The van der Waals surface area contributed by atoms with Gasteiger partial charge in [-0.05, 0) is 76.9 Å². The second-order valence-corrected chi connectivity index (χ2v) is 16.0. The minimum absolute atomic E-state index is 0.554. The van der Waals surface area contributed by atoms with E-state index in [-0.39, 0.29) is 0 Å². The first-order valence-electron chi connectivity index (χ1n) is 21.3. The molecule has 0 spiro atoms. The van der Waals surface area contributed by atoms with Crippen molar-refractivity contribution in [1.29, 1.82) is 0 Å². The van der Waals surface area contributed by atoms with Gasteiger partial charge in [-0.25, -0.2) is 0 Å². The highest BCUT2D eigenvalue weighted by atomic mass is 15.3. The number of hydrogen-bond acceptors (Lipinski definition) is 3. The van der Waals surface area contributed by atoms with Gasteiger partial charge in [-0.2, -0.15) is 15.0 Å². The highest BCUT2D eigenvalue weighted by Gasteiger charge is 2.22. The van der Waals surface area contributed by atoms with Gasteiger partial charge in [0.05, 0.1) is 33.1 Å². The quantitative estimate of drug-likeness (QED) is 0.168. The average molecular weight is 805 g/mol. The Morgan fingerprint density at radius 1 is 0.254 bits per heavy atom. The molecule has 0 saturated carbocycles. The number of hydrogen-bond donors (Lipinski definition) is 0. The number of fused-ring (bicyclic) bond motifs is 9. The Bertz CT molecular complexity index is 3690. The molecule has 0 aliphatic heterocycles. The van der Waals surface area contributed by atoms with Crippen LogP contribution in [0.25, 0.3) is 117 Å². The van der Waals surface area contributed by atoms with Crippen LogP contribution in [-0.2, 0) is 0 Å². The lowest BCUT2D eigenvalue weighted by Crippen LogP contribution is -2.10. The Morgan fingerprint density at radius 2 is 0.683 bits per heavy atom. The summed E-state index contributed by atoms with van der Waals surface area (Å²) in [5.41, 5.74) is 12.9. The zero-order valence-corrected chi connectivity index (χ0v) is 34.0. The molecule has 4 heterocycles. The molecule has 4 aromatic heterocycles. The Labute approximate surface area is 362 Å². The second kappa shape index (κ2) is 14.0. The molecule has 0 atom stereocenters. The largest absolute Gasteiger partial charge is 0.309 e. The topological polar surface area (TPSA) is 53.5 Å². The molecular formula is C57H36N6. The first-order chi connectivity index (χ1) is 31.3. The summed E-state index contributed by atoms with van der Waals surface area (Å²) in [6.07, 6.45) is 0. The maximum atomic E-state index is 5.41. The van der Waals surface area contributed by atoms with Crippen LogP contribution in [0.4, 0.5) is 0 Å². The van der Waals surface area contributed by atoms with Gasteiger partial charge in [0.25, 0.3) is 0 Å². The van der Waals surface area contributed by atoms with Crippen molar-refractivity contribution >= 4 is 65.4 Å². The van der Waals surface area contributed by atoms with Gasteiger partial charge in [-0.1, -0.05) is 164 Å². The van der Waals surface area contributed by atoms with Crippen molar-refractivity contribution in [2.45, 2.75) is 0 Å². The fraction of sp³-hybridized carbons (Fsp3) is 0. The van der Waals surface area contributed by atoms with E-state index in [1.54, 1.807) is 0 Å². The fourth-order valence-electron chi connectivity index (χ4n) is 9.75. The molecule has 0 aliphatic carbocycles. The molecule has 0 N–H and O–H groups in total. The van der Waals surface area contributed by atoms with Crippen molar-refractivity contribution in [2.24, 2.45) is 0 Å². The summed E-state index contributed by atoms with van der Waals surface area (Å²) in [5.74, 6) is 1.70. The van der Waals surface area contributed by atoms with Crippen LogP contribution in [0.15, 0.2) is 218 Å². The lowest BCUT2D eigenvalue weighted by Gasteiger charge is -2.15. The maximum Gasteiger partial charge on any atom is 0.240 e. The molecule has 9 aromatic carbocycles. The third kappa shape index (κ3) is 5.48. The smallest absolute Gasteiger partial charge is 0.240 e. The van der Waals surface area contributed by atoms with E-state index in [0.717, 1.165) is 77.0 Å². The van der Waals surface area contributed by atoms with Crippen LogP contribution in [0.1, 0.15) is 0 Å². The summed E-state index contributed by atoms with van der Waals surface area (Å²) in [6, 6.07) is 77.4. The molecule has 0 amide bonds. The Kier molecular flexibility index (Phi) is 7.80. The van der Waals surface area contributed by atoms with E-state index in [9.17, 15) is 0 Å². The zero-order valence-electron chi connectivity index (χ0n) is 34.0. The van der Waals surface area contributed by atoms with Crippen LogP contribution in [0.3, 0.4) is 0 Å². The monoisotopic (exact) mass is 804 g/mol. The van der Waals surface area contributed by atoms with Gasteiger partial charge in [0.1, 0.15) is 0 Å². The van der Waals surface area contributed by atoms with Crippen LogP contribution in [0.2, 0.25) is 0 Å². The van der Waals surface area contributed by atoms with Gasteiger partial charge < -0.3 is 4.57 Å². The third-order valence-electron chi connectivity index (χ3n) is 12.5. The normalized spacial score (nSPS) is 11.8. The minimum Gasteiger partial charge on any atom is -0.309 e. The third-order valence-corrected chi connectivity index (χ3v) is 12.5. The predicted octanol–water partition coefficient (Wildman–Crippen LogP) is 14.2. The summed E-state index contributed by atoms with van der Waals surface area (Å²) in [5, 5.41) is 7.02. The van der Waals surface area contributed by atoms with Gasteiger partial charge in [-0.3, -0.25) is 9.13 Å². The number of aromatic nitrogens is 6. The molecule has 0 fully saturated rings. The molecule has 13 aromatic rings. The summed E-state index contributed by atoms with van der Waals surface area (Å²) in [6.45, 7) is 0. The van der Waals surface area contributed by atoms with Gasteiger partial charge in [0, 0.05) is 43.6 Å². The lowest BCUT2D eigenvalue weighted by atomic mass is 9.98. The Morgan fingerprint density at radius 3 is 1.24 bits per heavy atom. The van der Waals surface area contributed by atoms with Crippen molar-refractivity contribution in [2.75, 3.05) is 0 Å². The van der Waals surface area contributed by atoms with E-state index < -0.39 is 0 Å². The van der Waals surface area contributed by atoms with E-state index in [1.165, 1.54) is 21.9 Å². The molecule has 0 unspecified atom stereocenters. The molecular weight excluding hydrogens is 769 g/mol. The highest BCUT2D eigenvalue weighted by molar-refractivity contribution is 6.12. The summed E-state index contributed by atoms with van der Waals surface area (Å²) < 4.78 is 6.75. The van der Waals surface area contributed by atoms with Crippen molar-refractivity contribution in [3.8, 4) is 51.2 Å². The van der Waals surface area contributed by atoms with Crippen LogP contribution in [0, 0.1) is 0 Å². The first-order valence-corrected chi connectivity index (χ1v) is 21.3. The SMILES string of the molecule is c1ccc(-c2ccc3c(c2)c2ccccc2n3-c2cccc(-c3ccccc3-c3nc(-n4c5ccccc5c5ccccc54)nc(-n4c5ccccc5c5ccccc54)n3)c2)cc1. The highest BCUT2D eigenvalue weighted by Crippen LogP contribution is 2.39. The van der Waals surface area contributed by atoms with Crippen molar-refractivity contribution in [3.05, 3.63) is 218 Å². The van der Waals surface area contributed by atoms with Crippen molar-refractivity contribution in [1.82, 2.24) is 28.7 Å². The Hall–Kier alpha value is -8.61. The number of rotatable bonds is 6. The maximum absolute atomic E-state index is 5.41. The second-order valence-electron chi connectivity index (χ2n) is 16.0. The standard InChI is InChI=1S/C57H36N6/c1-2-17-37(18-3-1)38-33-34-54-48(36-38)46-26-10-11-28-49(46)61(54)40-20-16-19-39(35-40)41-21-4-5-27-47(41)55-58-56(62-50-29-12-6-22-42(50)43-23-7-13-30-51(43)62)60-57(59-55)63-52-31-14-8-24-44(52)45-25-9-15-32-53(45)63/h1-36H. The van der Waals surface area contributed by atoms with Crippen LogP contribution >= 0.6 is 0 Å². The molecule has 13 rings (SSSR count). The Balaban J connectivity index is 1.04. The molecule has 0 radical (unpaired) electrons. The summed E-state index contributed by atoms with van der Waals surface area (Å²) in [4.78, 5) is 16.2. The van der Waals surface area contributed by atoms with Crippen LogP contribution in [-0.4, -0.2) is 28.7 Å². The molecule has 6 nitrogen and oxygen atoms in total. The number of para-hydroxylation sites is 5. The van der Waals surface area contributed by atoms with E-state index >= 15 is 0 Å². The summed E-state index contributed by atoms with van der Waals surface area (Å²) >= 11 is 0. The zero-order chi connectivity index (χ0) is 41.4. The van der Waals surface area contributed by atoms with E-state index in [4.69, 9.17) is 15.0 Å². The fourth-order valence-corrected chi connectivity index (χ4v) is 9.75. The minimum atomic E-state index is 0.554. The number of nitrogens with zero attached hydrogens (tertiary/aromatic N) is 6. The predicted molar refractivity (Wildman–Crippen MR) is 259 cm³/mol. The van der Waals surface area contributed by atoms with Gasteiger partial charge in [0.15, 0.2) is 5.82 Å². The van der Waals surface area contributed by atoms with Crippen molar-refractivity contribution in [3.63, 3.8) is 0 Å². The van der Waals surface area contributed by atoms with Crippen LogP contribution in [0.5, 0.6) is 0 Å². The molecule has 0 aliphatic rings.